The second kappa shape index (κ2) is 14.9. The number of hydrogen-bond donors (Lipinski definition) is 2. The van der Waals surface area contributed by atoms with Crippen LogP contribution in [0.4, 0.5) is 5.69 Å². The Balaban J connectivity index is 0.00000363. The molecule has 0 aromatic heterocycles. The summed E-state index contributed by atoms with van der Waals surface area (Å²) in [4.78, 5) is 7.24. The standard InChI is InChI=1S/C24H40N4O3.HI/c1-19(2)31-22-9-7-21(8-10-22)27-24(26-16-20-11-13-28(3)17-20)25-12-5-14-29-18-23-6-4-15-30-23;/h7-10,19-20,23H,4-6,11-18H2,1-3H3,(H2,25,26,27);1H. The summed E-state index contributed by atoms with van der Waals surface area (Å²) in [5.41, 5.74) is 1.00. The third kappa shape index (κ3) is 10.2. The quantitative estimate of drug-likeness (QED) is 0.185. The number of anilines is 1. The summed E-state index contributed by atoms with van der Waals surface area (Å²) in [7, 11) is 2.18. The Labute approximate surface area is 210 Å². The van der Waals surface area contributed by atoms with Crippen molar-refractivity contribution in [3.05, 3.63) is 24.3 Å². The summed E-state index contributed by atoms with van der Waals surface area (Å²) in [6.45, 7) is 10.3. The first kappa shape index (κ1) is 27.1. The predicted molar refractivity (Wildman–Crippen MR) is 142 cm³/mol. The van der Waals surface area contributed by atoms with E-state index in [-0.39, 0.29) is 30.1 Å². The maximum Gasteiger partial charge on any atom is 0.195 e. The van der Waals surface area contributed by atoms with Crippen molar-refractivity contribution >= 4 is 35.6 Å². The van der Waals surface area contributed by atoms with Gasteiger partial charge in [0.1, 0.15) is 5.75 Å². The van der Waals surface area contributed by atoms with Crippen LogP contribution in [0.3, 0.4) is 0 Å². The molecule has 0 radical (unpaired) electrons. The molecule has 1 aromatic carbocycles. The molecule has 0 bridgehead atoms. The molecule has 2 atom stereocenters. The Morgan fingerprint density at radius 1 is 1.25 bits per heavy atom. The number of rotatable bonds is 11. The summed E-state index contributed by atoms with van der Waals surface area (Å²) in [5.74, 6) is 2.33. The molecule has 2 heterocycles. The van der Waals surface area contributed by atoms with E-state index in [0.29, 0.717) is 18.6 Å². The van der Waals surface area contributed by atoms with E-state index in [4.69, 9.17) is 19.2 Å². The predicted octanol–water partition coefficient (Wildman–Crippen LogP) is 3.99. The van der Waals surface area contributed by atoms with Crippen molar-refractivity contribution in [3.8, 4) is 5.75 Å². The lowest BCUT2D eigenvalue weighted by Gasteiger charge is -2.15. The molecule has 3 rings (SSSR count). The lowest BCUT2D eigenvalue weighted by atomic mass is 10.1. The molecular formula is C24H41IN4O3. The second-order valence-corrected chi connectivity index (χ2v) is 8.91. The van der Waals surface area contributed by atoms with Gasteiger partial charge in [0.15, 0.2) is 5.96 Å². The van der Waals surface area contributed by atoms with Gasteiger partial charge in [0.2, 0.25) is 0 Å². The molecule has 2 aliphatic heterocycles. The third-order valence-electron chi connectivity index (χ3n) is 5.57. The van der Waals surface area contributed by atoms with Crippen molar-refractivity contribution in [1.29, 1.82) is 0 Å². The number of ether oxygens (including phenoxy) is 3. The molecule has 0 amide bonds. The minimum atomic E-state index is 0. The fraction of sp³-hybridized carbons (Fsp3) is 0.708. The zero-order chi connectivity index (χ0) is 21.9. The molecular weight excluding hydrogens is 519 g/mol. The molecule has 0 aliphatic carbocycles. The van der Waals surface area contributed by atoms with Gasteiger partial charge >= 0.3 is 0 Å². The highest BCUT2D eigenvalue weighted by molar-refractivity contribution is 14.0. The van der Waals surface area contributed by atoms with E-state index in [1.54, 1.807) is 0 Å². The third-order valence-corrected chi connectivity index (χ3v) is 5.57. The monoisotopic (exact) mass is 560 g/mol. The minimum Gasteiger partial charge on any atom is -0.491 e. The summed E-state index contributed by atoms with van der Waals surface area (Å²) >= 11 is 0. The van der Waals surface area contributed by atoms with Gasteiger partial charge in [-0.15, -0.1) is 24.0 Å². The normalized spacial score (nSPS) is 21.6. The molecule has 8 heteroatoms. The van der Waals surface area contributed by atoms with E-state index >= 15 is 0 Å². The lowest BCUT2D eigenvalue weighted by molar-refractivity contribution is 0.0168. The smallest absolute Gasteiger partial charge is 0.195 e. The summed E-state index contributed by atoms with van der Waals surface area (Å²) in [6.07, 6.45) is 4.88. The minimum absolute atomic E-state index is 0. The average Bonchev–Trinajstić information content (AvgIpc) is 3.41. The van der Waals surface area contributed by atoms with Crippen LogP contribution in [0.15, 0.2) is 29.3 Å². The number of guanidine groups is 1. The van der Waals surface area contributed by atoms with E-state index in [1.165, 1.54) is 6.42 Å². The van der Waals surface area contributed by atoms with Crippen molar-refractivity contribution in [2.45, 2.75) is 51.7 Å². The molecule has 2 N–H and O–H groups in total. The molecule has 2 aliphatic rings. The average molecular weight is 561 g/mol. The van der Waals surface area contributed by atoms with Gasteiger partial charge in [0, 0.05) is 38.5 Å². The van der Waals surface area contributed by atoms with E-state index in [9.17, 15) is 0 Å². The van der Waals surface area contributed by atoms with Crippen molar-refractivity contribution < 1.29 is 14.2 Å². The van der Waals surface area contributed by atoms with Crippen LogP contribution in [0.1, 0.15) is 39.5 Å². The molecule has 182 valence electrons. The lowest BCUT2D eigenvalue weighted by Crippen LogP contribution is -2.33. The first-order valence-corrected chi connectivity index (χ1v) is 11.8. The first-order chi connectivity index (χ1) is 15.1. The van der Waals surface area contributed by atoms with Gasteiger partial charge in [0.05, 0.1) is 18.8 Å². The molecule has 7 nitrogen and oxygen atoms in total. The van der Waals surface area contributed by atoms with Crippen LogP contribution in [-0.4, -0.2) is 76.1 Å². The summed E-state index contributed by atoms with van der Waals surface area (Å²) < 4.78 is 17.1. The Morgan fingerprint density at radius 2 is 2.06 bits per heavy atom. The Bertz CT molecular complexity index is 666. The number of benzene rings is 1. The van der Waals surface area contributed by atoms with Gasteiger partial charge in [-0.2, -0.15) is 0 Å². The molecule has 1 aromatic rings. The number of nitrogens with one attached hydrogen (secondary N) is 2. The molecule has 2 saturated heterocycles. The maximum atomic E-state index is 5.77. The first-order valence-electron chi connectivity index (χ1n) is 11.8. The highest BCUT2D eigenvalue weighted by Gasteiger charge is 2.19. The van der Waals surface area contributed by atoms with Gasteiger partial charge in [0.25, 0.3) is 0 Å². The number of likely N-dealkylation sites (tertiary alicyclic amines) is 1. The highest BCUT2D eigenvalue weighted by Crippen LogP contribution is 2.18. The van der Waals surface area contributed by atoms with Crippen LogP contribution < -0.4 is 15.4 Å². The zero-order valence-corrected chi connectivity index (χ0v) is 22.2. The largest absolute Gasteiger partial charge is 0.491 e. The fourth-order valence-electron chi connectivity index (χ4n) is 3.93. The summed E-state index contributed by atoms with van der Waals surface area (Å²) in [5, 5.41) is 6.90. The molecule has 32 heavy (non-hydrogen) atoms. The van der Waals surface area contributed by atoms with Gasteiger partial charge in [-0.3, -0.25) is 4.99 Å². The Morgan fingerprint density at radius 3 is 2.72 bits per heavy atom. The van der Waals surface area contributed by atoms with Crippen molar-refractivity contribution in [1.82, 2.24) is 10.2 Å². The van der Waals surface area contributed by atoms with Crippen LogP contribution in [0, 0.1) is 5.92 Å². The SMILES string of the molecule is CC(C)Oc1ccc(NC(=NCC2CCN(C)C2)NCCCOCC2CCCO2)cc1.I. The van der Waals surface area contributed by atoms with E-state index < -0.39 is 0 Å². The van der Waals surface area contributed by atoms with E-state index in [0.717, 1.165) is 76.1 Å². The van der Waals surface area contributed by atoms with Crippen molar-refractivity contribution in [3.63, 3.8) is 0 Å². The van der Waals surface area contributed by atoms with Crippen LogP contribution in [0.5, 0.6) is 5.75 Å². The topological polar surface area (TPSA) is 67.4 Å². The number of aliphatic imine (C=N–C) groups is 1. The van der Waals surface area contributed by atoms with E-state index in [2.05, 4.69) is 22.6 Å². The number of hydrogen-bond acceptors (Lipinski definition) is 5. The summed E-state index contributed by atoms with van der Waals surface area (Å²) in [6, 6.07) is 8.04. The maximum absolute atomic E-state index is 5.77. The van der Waals surface area contributed by atoms with Gasteiger partial charge in [-0.25, -0.2) is 0 Å². The van der Waals surface area contributed by atoms with Crippen LogP contribution in [-0.2, 0) is 9.47 Å². The van der Waals surface area contributed by atoms with Crippen LogP contribution in [0.2, 0.25) is 0 Å². The molecule has 0 saturated carbocycles. The van der Waals surface area contributed by atoms with Gasteiger partial charge in [-0.05, 0) is 83.3 Å². The van der Waals surface area contributed by atoms with Crippen LogP contribution in [0.25, 0.3) is 0 Å². The molecule has 2 fully saturated rings. The highest BCUT2D eigenvalue weighted by atomic mass is 127. The second-order valence-electron chi connectivity index (χ2n) is 8.91. The number of nitrogens with zero attached hydrogens (tertiary/aromatic N) is 2. The van der Waals surface area contributed by atoms with Crippen LogP contribution >= 0.6 is 24.0 Å². The van der Waals surface area contributed by atoms with Crippen molar-refractivity contribution in [2.24, 2.45) is 10.9 Å². The number of halogens is 1. The Kier molecular flexibility index (Phi) is 12.7. The van der Waals surface area contributed by atoms with Gasteiger partial charge < -0.3 is 29.7 Å². The van der Waals surface area contributed by atoms with Gasteiger partial charge in [-0.1, -0.05) is 0 Å². The molecule has 2 unspecified atom stereocenters. The fourth-order valence-corrected chi connectivity index (χ4v) is 3.93. The molecule has 0 spiro atoms. The van der Waals surface area contributed by atoms with E-state index in [1.807, 2.05) is 38.1 Å². The Hall–Kier alpha value is -1.10. The van der Waals surface area contributed by atoms with Crippen molar-refractivity contribution in [2.75, 3.05) is 58.4 Å². The zero-order valence-electron chi connectivity index (χ0n) is 19.8.